The lowest BCUT2D eigenvalue weighted by molar-refractivity contribution is -0.120. The van der Waals surface area contributed by atoms with Gasteiger partial charge in [0.2, 0.25) is 5.91 Å². The summed E-state index contributed by atoms with van der Waals surface area (Å²) in [5.41, 5.74) is 1.60. The molecule has 0 saturated carbocycles. The largest absolute Gasteiger partial charge is 0.349 e. The van der Waals surface area contributed by atoms with E-state index in [1.165, 1.54) is 17.8 Å². The Hall–Kier alpha value is -2.67. The predicted octanol–water partition coefficient (Wildman–Crippen LogP) is 4.22. The van der Waals surface area contributed by atoms with E-state index in [9.17, 15) is 9.18 Å². The maximum Gasteiger partial charge on any atom is 0.224 e. The van der Waals surface area contributed by atoms with E-state index in [0.29, 0.717) is 36.0 Å². The molecular weight excluding hydrogens is 387 g/mol. The molecular formula is C22H25FN4OS. The number of amides is 1. The fourth-order valence-corrected chi connectivity index (χ4v) is 3.84. The highest BCUT2D eigenvalue weighted by molar-refractivity contribution is 7.98. The molecule has 0 fully saturated rings. The number of thioether (sulfide) groups is 1. The maximum absolute atomic E-state index is 13.9. The van der Waals surface area contributed by atoms with E-state index in [2.05, 4.69) is 29.4 Å². The van der Waals surface area contributed by atoms with Crippen LogP contribution in [-0.2, 0) is 30.1 Å². The average Bonchev–Trinajstić information content (AvgIpc) is 3.07. The maximum atomic E-state index is 13.9. The topological polar surface area (TPSA) is 59.8 Å². The van der Waals surface area contributed by atoms with Crippen LogP contribution in [0.15, 0.2) is 59.8 Å². The van der Waals surface area contributed by atoms with E-state index in [4.69, 9.17) is 0 Å². The Morgan fingerprint density at radius 3 is 2.55 bits per heavy atom. The second kappa shape index (κ2) is 10.2. The minimum atomic E-state index is -0.219. The first-order valence-corrected chi connectivity index (χ1v) is 10.6. The monoisotopic (exact) mass is 412 g/mol. The first kappa shape index (κ1) is 21.0. The molecule has 0 aliphatic heterocycles. The van der Waals surface area contributed by atoms with Crippen LogP contribution in [0.25, 0.3) is 0 Å². The van der Waals surface area contributed by atoms with E-state index in [-0.39, 0.29) is 11.7 Å². The molecule has 3 aromatic rings. The first-order chi connectivity index (χ1) is 14.0. The molecule has 1 heterocycles. The third kappa shape index (κ3) is 6.15. The molecule has 1 amide bonds. The molecule has 152 valence electrons. The van der Waals surface area contributed by atoms with Gasteiger partial charge in [0, 0.05) is 12.3 Å². The zero-order valence-electron chi connectivity index (χ0n) is 16.6. The van der Waals surface area contributed by atoms with Gasteiger partial charge in [0.15, 0.2) is 11.0 Å². The Bertz CT molecular complexity index is 943. The zero-order valence-corrected chi connectivity index (χ0v) is 17.5. The van der Waals surface area contributed by atoms with Crippen molar-refractivity contribution < 1.29 is 9.18 Å². The minimum Gasteiger partial charge on any atom is -0.349 e. The summed E-state index contributed by atoms with van der Waals surface area (Å²) in [5.74, 6) is 1.29. The van der Waals surface area contributed by atoms with Crippen molar-refractivity contribution in [1.82, 2.24) is 20.1 Å². The van der Waals surface area contributed by atoms with Gasteiger partial charge in [-0.3, -0.25) is 4.79 Å². The van der Waals surface area contributed by atoms with Gasteiger partial charge in [0.1, 0.15) is 5.82 Å². The van der Waals surface area contributed by atoms with E-state index < -0.39 is 0 Å². The fourth-order valence-electron chi connectivity index (χ4n) is 2.88. The molecule has 1 N–H and O–H groups in total. The van der Waals surface area contributed by atoms with Crippen LogP contribution in [0.2, 0.25) is 0 Å². The van der Waals surface area contributed by atoms with E-state index in [1.807, 2.05) is 41.0 Å². The number of hydrogen-bond donors (Lipinski definition) is 1. The average molecular weight is 413 g/mol. The molecule has 2 aromatic carbocycles. The van der Waals surface area contributed by atoms with Crippen LogP contribution in [0, 0.1) is 11.7 Å². The molecule has 0 radical (unpaired) electrons. The highest BCUT2D eigenvalue weighted by Gasteiger charge is 2.15. The van der Waals surface area contributed by atoms with Crippen LogP contribution >= 0.6 is 11.8 Å². The van der Waals surface area contributed by atoms with Gasteiger partial charge in [0.05, 0.1) is 13.0 Å². The quantitative estimate of drug-likeness (QED) is 0.535. The second-order valence-electron chi connectivity index (χ2n) is 7.22. The highest BCUT2D eigenvalue weighted by atomic mass is 32.2. The SMILES string of the molecule is CC(C)Cn1c(CNC(=O)Cc2ccccc2)nnc1SCc1ccccc1F. The lowest BCUT2D eigenvalue weighted by atomic mass is 10.1. The van der Waals surface area contributed by atoms with Crippen molar-refractivity contribution in [3.63, 3.8) is 0 Å². The van der Waals surface area contributed by atoms with Gasteiger partial charge < -0.3 is 9.88 Å². The van der Waals surface area contributed by atoms with Gasteiger partial charge in [-0.05, 0) is 23.1 Å². The zero-order chi connectivity index (χ0) is 20.6. The number of nitrogens with one attached hydrogen (secondary N) is 1. The minimum absolute atomic E-state index is 0.0594. The molecule has 1 aromatic heterocycles. The van der Waals surface area contributed by atoms with Crippen LogP contribution in [0.5, 0.6) is 0 Å². The fraction of sp³-hybridized carbons (Fsp3) is 0.318. The third-order valence-corrected chi connectivity index (χ3v) is 5.32. The molecule has 0 atom stereocenters. The Morgan fingerprint density at radius 2 is 1.83 bits per heavy atom. The first-order valence-electron chi connectivity index (χ1n) is 9.62. The summed E-state index contributed by atoms with van der Waals surface area (Å²) in [7, 11) is 0. The molecule has 3 rings (SSSR count). The Kier molecular flexibility index (Phi) is 7.41. The van der Waals surface area contributed by atoms with Crippen LogP contribution < -0.4 is 5.32 Å². The number of nitrogens with zero attached hydrogens (tertiary/aromatic N) is 3. The van der Waals surface area contributed by atoms with Crippen molar-refractivity contribution in [3.05, 3.63) is 77.4 Å². The number of carbonyl (C=O) groups excluding carboxylic acids is 1. The summed E-state index contributed by atoms with van der Waals surface area (Å²) >= 11 is 1.45. The standard InChI is InChI=1S/C22H25FN4OS/c1-16(2)14-27-20(13-24-21(28)12-17-8-4-3-5-9-17)25-26-22(27)29-15-18-10-6-7-11-19(18)23/h3-11,16H,12-15H2,1-2H3,(H,24,28). The highest BCUT2D eigenvalue weighted by Crippen LogP contribution is 2.24. The Labute approximate surface area is 174 Å². The number of halogens is 1. The van der Waals surface area contributed by atoms with Crippen LogP contribution in [-0.4, -0.2) is 20.7 Å². The van der Waals surface area contributed by atoms with Crippen molar-refractivity contribution in [3.8, 4) is 0 Å². The van der Waals surface area contributed by atoms with Crippen molar-refractivity contribution in [1.29, 1.82) is 0 Å². The van der Waals surface area contributed by atoms with Crippen molar-refractivity contribution in [2.75, 3.05) is 0 Å². The smallest absolute Gasteiger partial charge is 0.224 e. The van der Waals surface area contributed by atoms with Gasteiger partial charge >= 0.3 is 0 Å². The van der Waals surface area contributed by atoms with Crippen LogP contribution in [0.3, 0.4) is 0 Å². The number of hydrogen-bond acceptors (Lipinski definition) is 4. The molecule has 0 bridgehead atoms. The number of carbonyl (C=O) groups is 1. The third-order valence-electron chi connectivity index (χ3n) is 4.31. The normalized spacial score (nSPS) is 11.0. The summed E-state index contributed by atoms with van der Waals surface area (Å²) in [6, 6.07) is 16.4. The molecule has 0 aliphatic rings. The van der Waals surface area contributed by atoms with Gasteiger partial charge in [-0.1, -0.05) is 74.1 Å². The predicted molar refractivity (Wildman–Crippen MR) is 113 cm³/mol. The van der Waals surface area contributed by atoms with Crippen molar-refractivity contribution in [2.45, 2.75) is 44.3 Å². The number of aromatic nitrogens is 3. The molecule has 0 aliphatic carbocycles. The lowest BCUT2D eigenvalue weighted by Crippen LogP contribution is -2.26. The Morgan fingerprint density at radius 1 is 1.10 bits per heavy atom. The Balaban J connectivity index is 1.65. The summed E-state index contributed by atoms with van der Waals surface area (Å²) in [6.07, 6.45) is 0.327. The van der Waals surface area contributed by atoms with Crippen molar-refractivity contribution in [2.24, 2.45) is 5.92 Å². The van der Waals surface area contributed by atoms with E-state index in [0.717, 1.165) is 17.3 Å². The summed E-state index contributed by atoms with van der Waals surface area (Å²) in [6.45, 7) is 5.27. The van der Waals surface area contributed by atoms with Crippen LogP contribution in [0.1, 0.15) is 30.8 Å². The summed E-state index contributed by atoms with van der Waals surface area (Å²) in [5, 5.41) is 12.2. The van der Waals surface area contributed by atoms with E-state index >= 15 is 0 Å². The van der Waals surface area contributed by atoms with Gasteiger partial charge in [-0.15, -0.1) is 10.2 Å². The number of rotatable bonds is 9. The molecule has 0 saturated heterocycles. The summed E-state index contributed by atoms with van der Waals surface area (Å²) in [4.78, 5) is 12.3. The molecule has 29 heavy (non-hydrogen) atoms. The molecule has 7 heteroatoms. The molecule has 5 nitrogen and oxygen atoms in total. The lowest BCUT2D eigenvalue weighted by Gasteiger charge is -2.13. The van der Waals surface area contributed by atoms with Crippen LogP contribution in [0.4, 0.5) is 4.39 Å². The van der Waals surface area contributed by atoms with Crippen molar-refractivity contribution >= 4 is 17.7 Å². The van der Waals surface area contributed by atoms with Gasteiger partial charge in [-0.2, -0.15) is 0 Å². The molecule has 0 unspecified atom stereocenters. The van der Waals surface area contributed by atoms with Gasteiger partial charge in [0.25, 0.3) is 0 Å². The molecule has 0 spiro atoms. The van der Waals surface area contributed by atoms with E-state index in [1.54, 1.807) is 12.1 Å². The van der Waals surface area contributed by atoms with Gasteiger partial charge in [-0.25, -0.2) is 4.39 Å². The number of benzene rings is 2. The summed E-state index contributed by atoms with van der Waals surface area (Å²) < 4.78 is 15.9. The second-order valence-corrected chi connectivity index (χ2v) is 8.16.